The number of hydrogen-bond acceptors (Lipinski definition) is 4. The van der Waals surface area contributed by atoms with Gasteiger partial charge in [-0.15, -0.1) is 0 Å². The van der Waals surface area contributed by atoms with Crippen molar-refractivity contribution in [3.8, 4) is 0 Å². The average molecular weight is 375 g/mol. The van der Waals surface area contributed by atoms with Crippen molar-refractivity contribution in [3.63, 3.8) is 0 Å². The lowest BCUT2D eigenvalue weighted by molar-refractivity contribution is -0.126. The van der Waals surface area contributed by atoms with Gasteiger partial charge in [0.25, 0.3) is 5.91 Å². The quantitative estimate of drug-likeness (QED) is 0.757. The summed E-state index contributed by atoms with van der Waals surface area (Å²) in [5.74, 6) is -0.499. The number of aryl methyl sites for hydroxylation is 3. The number of anilines is 1. The molecule has 0 radical (unpaired) electrons. The number of amides is 2. The van der Waals surface area contributed by atoms with Crippen molar-refractivity contribution in [2.45, 2.75) is 39.3 Å². The van der Waals surface area contributed by atoms with E-state index in [0.717, 1.165) is 41.9 Å². The summed E-state index contributed by atoms with van der Waals surface area (Å²) in [6.07, 6.45) is 1.02. The van der Waals surface area contributed by atoms with Crippen LogP contribution in [0.2, 0.25) is 0 Å². The van der Waals surface area contributed by atoms with E-state index in [1.165, 1.54) is 10.5 Å². The van der Waals surface area contributed by atoms with Gasteiger partial charge in [-0.05, 0) is 44.4 Å². The van der Waals surface area contributed by atoms with Gasteiger partial charge in [-0.1, -0.05) is 47.5 Å². The summed E-state index contributed by atoms with van der Waals surface area (Å²) >= 11 is 0. The molecule has 3 heterocycles. The lowest BCUT2D eigenvalue weighted by atomic mass is 9.89. The first-order valence-electron chi connectivity index (χ1n) is 10.0. The van der Waals surface area contributed by atoms with Gasteiger partial charge in [0.05, 0.1) is 17.6 Å². The molecule has 3 fully saturated rings. The molecule has 2 aromatic carbocycles. The topological polar surface area (TPSA) is 43.9 Å². The van der Waals surface area contributed by atoms with Gasteiger partial charge in [-0.3, -0.25) is 9.59 Å². The van der Waals surface area contributed by atoms with Crippen LogP contribution in [0, 0.1) is 26.7 Å². The first-order chi connectivity index (χ1) is 13.5. The predicted molar refractivity (Wildman–Crippen MR) is 108 cm³/mol. The van der Waals surface area contributed by atoms with Gasteiger partial charge in [-0.2, -0.15) is 0 Å². The van der Waals surface area contributed by atoms with E-state index in [2.05, 4.69) is 41.2 Å². The highest BCUT2D eigenvalue weighted by molar-refractivity contribution is 6.24. The second kappa shape index (κ2) is 6.26. The third-order valence-corrected chi connectivity index (χ3v) is 6.42. The summed E-state index contributed by atoms with van der Waals surface area (Å²) in [6, 6.07) is 13.8. The Morgan fingerprint density at radius 2 is 1.43 bits per heavy atom. The van der Waals surface area contributed by atoms with Gasteiger partial charge in [0.2, 0.25) is 5.91 Å². The van der Waals surface area contributed by atoms with Gasteiger partial charge in [0, 0.05) is 13.1 Å². The maximum atomic E-state index is 13.6. The third-order valence-electron chi connectivity index (χ3n) is 6.42. The van der Waals surface area contributed by atoms with Gasteiger partial charge in [0.15, 0.2) is 0 Å². The van der Waals surface area contributed by atoms with Gasteiger partial charge < -0.3 is 0 Å². The number of benzene rings is 2. The largest absolute Gasteiger partial charge is 0.274 e. The highest BCUT2D eigenvalue weighted by Crippen LogP contribution is 2.49. The zero-order valence-corrected chi connectivity index (χ0v) is 16.6. The molecule has 0 aromatic heterocycles. The molecule has 5 nitrogen and oxygen atoms in total. The minimum Gasteiger partial charge on any atom is -0.274 e. The number of hydrazine groups is 1. The third kappa shape index (κ3) is 2.39. The van der Waals surface area contributed by atoms with E-state index in [4.69, 9.17) is 0 Å². The molecule has 0 bridgehead atoms. The Morgan fingerprint density at radius 1 is 0.786 bits per heavy atom. The van der Waals surface area contributed by atoms with Crippen LogP contribution in [0.4, 0.5) is 5.69 Å². The number of imide groups is 1. The van der Waals surface area contributed by atoms with E-state index in [1.807, 2.05) is 32.0 Å². The van der Waals surface area contributed by atoms with Crippen LogP contribution >= 0.6 is 0 Å². The van der Waals surface area contributed by atoms with E-state index < -0.39 is 0 Å². The molecule has 0 N–H and O–H groups in total. The molecule has 0 unspecified atom stereocenters. The maximum absolute atomic E-state index is 13.6. The summed E-state index contributed by atoms with van der Waals surface area (Å²) in [5.41, 5.74) is 5.13. The van der Waals surface area contributed by atoms with Gasteiger partial charge >= 0.3 is 0 Å². The molecule has 5 heteroatoms. The first kappa shape index (κ1) is 17.6. The highest BCUT2D eigenvalue weighted by atomic mass is 16.2. The molecule has 0 aliphatic carbocycles. The number of hydrogen-bond donors (Lipinski definition) is 0. The zero-order chi connectivity index (χ0) is 19.6. The van der Waals surface area contributed by atoms with Gasteiger partial charge in [0.1, 0.15) is 6.04 Å². The van der Waals surface area contributed by atoms with Crippen molar-refractivity contribution in [2.24, 2.45) is 5.92 Å². The van der Waals surface area contributed by atoms with Crippen LogP contribution in [0.1, 0.15) is 34.7 Å². The minimum atomic E-state index is -0.387. The number of carbonyl (C=O) groups excluding carboxylic acids is 2. The Bertz CT molecular complexity index is 968. The fourth-order valence-corrected chi connectivity index (χ4v) is 5.17. The van der Waals surface area contributed by atoms with E-state index in [-0.39, 0.29) is 29.8 Å². The van der Waals surface area contributed by atoms with E-state index in [1.54, 1.807) is 0 Å². The van der Waals surface area contributed by atoms with E-state index in [9.17, 15) is 9.59 Å². The molecular formula is C23H25N3O2. The highest BCUT2D eigenvalue weighted by Gasteiger charge is 2.62. The van der Waals surface area contributed by atoms with Crippen LogP contribution in [0.25, 0.3) is 0 Å². The second-order valence-electron chi connectivity index (χ2n) is 8.31. The smallest absolute Gasteiger partial charge is 0.253 e. The van der Waals surface area contributed by atoms with Crippen LogP contribution in [0.5, 0.6) is 0 Å². The molecule has 3 atom stereocenters. The summed E-state index contributed by atoms with van der Waals surface area (Å²) < 4.78 is 0. The molecule has 144 valence electrons. The molecule has 3 saturated heterocycles. The lowest BCUT2D eigenvalue weighted by Gasteiger charge is -2.30. The summed E-state index contributed by atoms with van der Waals surface area (Å²) in [4.78, 5) is 28.5. The van der Waals surface area contributed by atoms with Crippen LogP contribution < -0.4 is 4.90 Å². The average Bonchev–Trinajstić information content (AvgIpc) is 3.30. The molecule has 5 rings (SSSR count). The van der Waals surface area contributed by atoms with Crippen LogP contribution in [0.15, 0.2) is 42.5 Å². The van der Waals surface area contributed by atoms with Crippen LogP contribution in [-0.2, 0) is 9.59 Å². The summed E-state index contributed by atoms with van der Waals surface area (Å²) in [5, 5.41) is 4.41. The van der Waals surface area contributed by atoms with E-state index in [0.29, 0.717) is 0 Å². The number of nitrogens with zero attached hydrogens (tertiary/aromatic N) is 3. The normalized spacial score (nSPS) is 27.5. The molecule has 28 heavy (non-hydrogen) atoms. The molecule has 2 amide bonds. The van der Waals surface area contributed by atoms with Crippen LogP contribution in [0.3, 0.4) is 0 Å². The lowest BCUT2D eigenvalue weighted by Crippen LogP contribution is -2.44. The van der Waals surface area contributed by atoms with Crippen molar-refractivity contribution >= 4 is 17.5 Å². The zero-order valence-electron chi connectivity index (χ0n) is 16.6. The Hall–Kier alpha value is -2.50. The van der Waals surface area contributed by atoms with Crippen molar-refractivity contribution < 1.29 is 9.59 Å². The second-order valence-corrected chi connectivity index (χ2v) is 8.31. The van der Waals surface area contributed by atoms with Crippen LogP contribution in [-0.4, -0.2) is 41.0 Å². The Morgan fingerprint density at radius 3 is 2.11 bits per heavy atom. The molecule has 2 aromatic rings. The minimum absolute atomic E-state index is 0.0677. The molecular weight excluding hydrogens is 350 g/mol. The van der Waals surface area contributed by atoms with Gasteiger partial charge in [-0.25, -0.2) is 14.9 Å². The van der Waals surface area contributed by atoms with Crippen molar-refractivity contribution in [1.29, 1.82) is 0 Å². The SMILES string of the molecule is Cc1ccc([C@H]2[C@H]3C(=O)N(c4ccc(C)cc4C)C(=O)[C@H]3N3CCCN23)cc1. The number of rotatable bonds is 2. The Labute approximate surface area is 165 Å². The Balaban J connectivity index is 1.59. The van der Waals surface area contributed by atoms with Crippen molar-refractivity contribution in [1.82, 2.24) is 10.0 Å². The molecule has 0 spiro atoms. The predicted octanol–water partition coefficient (Wildman–Crippen LogP) is 3.15. The number of fused-ring (bicyclic) bond motifs is 3. The van der Waals surface area contributed by atoms with Crippen molar-refractivity contribution in [2.75, 3.05) is 18.0 Å². The summed E-state index contributed by atoms with van der Waals surface area (Å²) in [7, 11) is 0. The van der Waals surface area contributed by atoms with Crippen molar-refractivity contribution in [3.05, 3.63) is 64.7 Å². The monoisotopic (exact) mass is 375 g/mol. The fourth-order valence-electron chi connectivity index (χ4n) is 5.17. The molecule has 3 aliphatic heterocycles. The molecule has 3 aliphatic rings. The summed E-state index contributed by atoms with van der Waals surface area (Å²) in [6.45, 7) is 7.79. The standard InChI is InChI=1S/C23H25N3O2/c1-14-5-8-17(9-6-14)20-19-21(25-12-4-11-24(20)25)23(28)26(22(19)27)18-10-7-15(2)13-16(18)3/h5-10,13,19-21H,4,11-12H2,1-3H3/t19-,20+,21+/m1/s1. The Kier molecular flexibility index (Phi) is 3.93. The fraction of sp³-hybridized carbons (Fsp3) is 0.391. The first-order valence-corrected chi connectivity index (χ1v) is 10.0. The van der Waals surface area contributed by atoms with E-state index >= 15 is 0 Å². The maximum Gasteiger partial charge on any atom is 0.253 e. The number of carbonyl (C=O) groups is 2. The molecule has 0 saturated carbocycles.